The fourth-order valence-electron chi connectivity index (χ4n) is 0.919. The van der Waals surface area contributed by atoms with Gasteiger partial charge in [0.05, 0.1) is 13.3 Å². The van der Waals surface area contributed by atoms with Gasteiger partial charge in [0.25, 0.3) is 0 Å². The molecule has 0 radical (unpaired) electrons. The Morgan fingerprint density at radius 2 is 2.50 bits per heavy atom. The van der Waals surface area contributed by atoms with E-state index < -0.39 is 6.04 Å². The maximum atomic E-state index is 11.0. The summed E-state index contributed by atoms with van der Waals surface area (Å²) < 4.78 is 5.94. The first-order valence-electron chi connectivity index (χ1n) is 3.53. The van der Waals surface area contributed by atoms with Crippen molar-refractivity contribution in [3.8, 4) is 0 Å². The first-order valence-corrected chi connectivity index (χ1v) is 3.53. The molecule has 0 bridgehead atoms. The highest BCUT2D eigenvalue weighted by Crippen LogP contribution is 2.11. The van der Waals surface area contributed by atoms with Crippen molar-refractivity contribution < 1.29 is 9.53 Å². The number of aromatic nitrogens is 2. The Morgan fingerprint density at radius 3 is 2.92 bits per heavy atom. The summed E-state index contributed by atoms with van der Waals surface area (Å²) in [5, 5.41) is 3.88. The summed E-state index contributed by atoms with van der Waals surface area (Å²) in [7, 11) is 1.33. The molecule has 0 unspecified atom stereocenters. The zero-order valence-electron chi connectivity index (χ0n) is 7.02. The van der Waals surface area contributed by atoms with Crippen LogP contribution in [0.2, 0.25) is 0 Å². The quantitative estimate of drug-likeness (QED) is 0.642. The Kier molecular flexibility index (Phi) is 2.32. The predicted molar refractivity (Wildman–Crippen MR) is 43.4 cm³/mol. The van der Waals surface area contributed by atoms with Crippen LogP contribution in [-0.4, -0.2) is 22.9 Å². The molecule has 1 aromatic rings. The van der Waals surface area contributed by atoms with E-state index >= 15 is 0 Å². The molecule has 0 aliphatic carbocycles. The third-order valence-electron chi connectivity index (χ3n) is 1.61. The van der Waals surface area contributed by atoms with Crippen LogP contribution in [0.1, 0.15) is 13.0 Å². The minimum Gasteiger partial charge on any atom is -0.467 e. The molecule has 0 aliphatic rings. The average Bonchev–Trinajstić information content (AvgIpc) is 2.48. The van der Waals surface area contributed by atoms with Crippen molar-refractivity contribution in [2.24, 2.45) is 0 Å². The predicted octanol–water partition coefficient (Wildman–Crippen LogP) is 0.199. The van der Waals surface area contributed by atoms with Gasteiger partial charge in [0.1, 0.15) is 11.9 Å². The van der Waals surface area contributed by atoms with Gasteiger partial charge in [0.15, 0.2) is 0 Å². The van der Waals surface area contributed by atoms with Gasteiger partial charge in [0.2, 0.25) is 0 Å². The highest BCUT2D eigenvalue weighted by molar-refractivity contribution is 5.74. The molecule has 2 N–H and O–H groups in total. The fraction of sp³-hybridized carbons (Fsp3) is 0.429. The summed E-state index contributed by atoms with van der Waals surface area (Å²) in [6.45, 7) is 1.68. The van der Waals surface area contributed by atoms with Gasteiger partial charge in [-0.2, -0.15) is 5.10 Å². The summed E-state index contributed by atoms with van der Waals surface area (Å²) in [6.07, 6.45) is 1.54. The van der Waals surface area contributed by atoms with Crippen LogP contribution in [0.15, 0.2) is 12.3 Å². The second-order valence-electron chi connectivity index (χ2n) is 2.40. The van der Waals surface area contributed by atoms with E-state index in [4.69, 9.17) is 5.73 Å². The number of anilines is 1. The van der Waals surface area contributed by atoms with Gasteiger partial charge in [0, 0.05) is 0 Å². The zero-order chi connectivity index (χ0) is 9.14. The third kappa shape index (κ3) is 1.39. The molecule has 5 heteroatoms. The first-order chi connectivity index (χ1) is 5.66. The van der Waals surface area contributed by atoms with Crippen LogP contribution < -0.4 is 5.73 Å². The molecule has 1 aromatic heterocycles. The summed E-state index contributed by atoms with van der Waals surface area (Å²) >= 11 is 0. The maximum absolute atomic E-state index is 11.0. The van der Waals surface area contributed by atoms with Gasteiger partial charge < -0.3 is 10.5 Å². The maximum Gasteiger partial charge on any atom is 0.330 e. The number of nitrogens with two attached hydrogens (primary N) is 1. The molecule has 12 heavy (non-hydrogen) atoms. The summed E-state index contributed by atoms with van der Waals surface area (Å²) in [5.74, 6) is 0.0956. The Balaban J connectivity index is 2.84. The van der Waals surface area contributed by atoms with Crippen LogP contribution in [0.25, 0.3) is 0 Å². The molecular weight excluding hydrogens is 158 g/mol. The van der Waals surface area contributed by atoms with Crippen molar-refractivity contribution in [3.05, 3.63) is 12.3 Å². The number of nitrogens with zero attached hydrogens (tertiary/aromatic N) is 2. The van der Waals surface area contributed by atoms with Crippen LogP contribution in [0.4, 0.5) is 5.82 Å². The summed E-state index contributed by atoms with van der Waals surface area (Å²) in [6, 6.07) is 1.16. The van der Waals surface area contributed by atoms with Crippen molar-refractivity contribution >= 4 is 11.8 Å². The minimum absolute atomic E-state index is 0.356. The van der Waals surface area contributed by atoms with Gasteiger partial charge >= 0.3 is 5.97 Å². The second kappa shape index (κ2) is 3.25. The van der Waals surface area contributed by atoms with Crippen LogP contribution in [-0.2, 0) is 9.53 Å². The van der Waals surface area contributed by atoms with E-state index in [0.29, 0.717) is 5.82 Å². The van der Waals surface area contributed by atoms with E-state index in [9.17, 15) is 4.79 Å². The smallest absolute Gasteiger partial charge is 0.330 e. The molecule has 66 valence electrons. The molecule has 1 rings (SSSR count). The molecule has 1 atom stereocenters. The van der Waals surface area contributed by atoms with Crippen molar-refractivity contribution in [1.82, 2.24) is 9.78 Å². The van der Waals surface area contributed by atoms with E-state index in [1.54, 1.807) is 13.0 Å². The number of esters is 1. The fourth-order valence-corrected chi connectivity index (χ4v) is 0.919. The number of ether oxygens (including phenoxy) is 1. The SMILES string of the molecule is COC(=O)[C@@H](C)n1nccc1N. The molecule has 0 fully saturated rings. The molecular formula is C7H11N3O2. The zero-order valence-corrected chi connectivity index (χ0v) is 7.02. The molecule has 0 spiro atoms. The number of rotatable bonds is 2. The third-order valence-corrected chi connectivity index (χ3v) is 1.61. The van der Waals surface area contributed by atoms with Crippen molar-refractivity contribution in [3.63, 3.8) is 0 Å². The van der Waals surface area contributed by atoms with Gasteiger partial charge in [-0.15, -0.1) is 0 Å². The highest BCUT2D eigenvalue weighted by Gasteiger charge is 2.16. The number of hydrogen-bond donors (Lipinski definition) is 1. The van der Waals surface area contributed by atoms with Crippen molar-refractivity contribution in [2.45, 2.75) is 13.0 Å². The summed E-state index contributed by atoms with van der Waals surface area (Å²) in [4.78, 5) is 11.0. The van der Waals surface area contributed by atoms with E-state index in [0.717, 1.165) is 0 Å². The molecule has 5 nitrogen and oxygen atoms in total. The number of methoxy groups -OCH3 is 1. The molecule has 1 heterocycles. The van der Waals surface area contributed by atoms with Crippen molar-refractivity contribution in [1.29, 1.82) is 0 Å². The lowest BCUT2D eigenvalue weighted by molar-refractivity contribution is -0.144. The monoisotopic (exact) mass is 169 g/mol. The van der Waals surface area contributed by atoms with Gasteiger partial charge in [-0.3, -0.25) is 0 Å². The van der Waals surface area contributed by atoms with Crippen LogP contribution in [0.3, 0.4) is 0 Å². The lowest BCUT2D eigenvalue weighted by Gasteiger charge is -2.10. The van der Waals surface area contributed by atoms with E-state index in [1.807, 2.05) is 0 Å². The van der Waals surface area contributed by atoms with Gasteiger partial charge in [-0.05, 0) is 13.0 Å². The van der Waals surface area contributed by atoms with Crippen LogP contribution >= 0.6 is 0 Å². The second-order valence-corrected chi connectivity index (χ2v) is 2.40. The van der Waals surface area contributed by atoms with Gasteiger partial charge in [-0.25, -0.2) is 9.48 Å². The Labute approximate surface area is 70.1 Å². The molecule has 0 aromatic carbocycles. The number of hydrogen-bond acceptors (Lipinski definition) is 4. The number of carbonyl (C=O) groups is 1. The Morgan fingerprint density at radius 1 is 1.83 bits per heavy atom. The molecule has 0 saturated carbocycles. The minimum atomic E-state index is -0.468. The van der Waals surface area contributed by atoms with Crippen LogP contribution in [0.5, 0.6) is 0 Å². The van der Waals surface area contributed by atoms with Crippen LogP contribution in [0, 0.1) is 0 Å². The van der Waals surface area contributed by atoms with Gasteiger partial charge in [-0.1, -0.05) is 0 Å². The Hall–Kier alpha value is -1.52. The van der Waals surface area contributed by atoms with E-state index in [2.05, 4.69) is 9.84 Å². The van der Waals surface area contributed by atoms with E-state index in [1.165, 1.54) is 18.0 Å². The molecule has 0 saturated heterocycles. The molecule has 0 aliphatic heterocycles. The number of carbonyl (C=O) groups excluding carboxylic acids is 1. The first kappa shape index (κ1) is 8.58. The topological polar surface area (TPSA) is 70.1 Å². The highest BCUT2D eigenvalue weighted by atomic mass is 16.5. The average molecular weight is 169 g/mol. The number of nitrogen functional groups attached to an aromatic ring is 1. The normalized spacial score (nSPS) is 12.5. The molecule has 0 amide bonds. The Bertz CT molecular complexity index is 282. The standard InChI is InChI=1S/C7H11N3O2/c1-5(7(11)12-2)10-6(8)3-4-9-10/h3-5H,8H2,1-2H3/t5-/m1/s1. The largest absolute Gasteiger partial charge is 0.467 e. The van der Waals surface area contributed by atoms with Crippen molar-refractivity contribution in [2.75, 3.05) is 12.8 Å². The lowest BCUT2D eigenvalue weighted by Crippen LogP contribution is -2.20. The summed E-state index contributed by atoms with van der Waals surface area (Å²) in [5.41, 5.74) is 5.53. The lowest BCUT2D eigenvalue weighted by atomic mass is 10.3. The van der Waals surface area contributed by atoms with E-state index in [-0.39, 0.29) is 5.97 Å².